The van der Waals surface area contributed by atoms with Crippen LogP contribution in [0.2, 0.25) is 5.02 Å². The number of nitro groups is 1. The number of nitrogens with zero attached hydrogens (tertiary/aromatic N) is 1. The van der Waals surface area contributed by atoms with Gasteiger partial charge in [-0.25, -0.2) is 0 Å². The molecule has 0 aromatic heterocycles. The standard InChI is InChI=1S/C11H13ClN4O2S/c1-13-10(14-2)9(16(17)18)11(19)15-8-6-4-3-5-7(8)12/h3-6,13-14H,1-2H3,(H,15,19). The average Bonchev–Trinajstić information content (AvgIpc) is 2.37. The minimum absolute atomic E-state index is 0.0307. The van der Waals surface area contributed by atoms with Crippen molar-refractivity contribution in [3.05, 3.63) is 50.9 Å². The zero-order chi connectivity index (χ0) is 14.4. The van der Waals surface area contributed by atoms with Crippen molar-refractivity contribution in [2.45, 2.75) is 0 Å². The number of thiocarbonyl (C=S) groups is 1. The van der Waals surface area contributed by atoms with Crippen LogP contribution in [0.15, 0.2) is 35.8 Å². The van der Waals surface area contributed by atoms with E-state index in [9.17, 15) is 10.1 Å². The third kappa shape index (κ3) is 3.80. The third-order valence-electron chi connectivity index (χ3n) is 2.26. The molecule has 102 valence electrons. The molecule has 0 saturated heterocycles. The van der Waals surface area contributed by atoms with Crippen molar-refractivity contribution in [3.8, 4) is 0 Å². The lowest BCUT2D eigenvalue weighted by Gasteiger charge is -2.11. The normalized spacial score (nSPS) is 9.42. The number of rotatable bonds is 5. The van der Waals surface area contributed by atoms with Gasteiger partial charge < -0.3 is 16.0 Å². The number of nitrogens with one attached hydrogen (secondary N) is 3. The number of halogens is 1. The largest absolute Gasteiger partial charge is 0.369 e. The number of benzene rings is 1. The van der Waals surface area contributed by atoms with Gasteiger partial charge in [-0.2, -0.15) is 0 Å². The molecule has 1 aromatic rings. The number of hydrogen-bond donors (Lipinski definition) is 3. The van der Waals surface area contributed by atoms with Gasteiger partial charge in [-0.05, 0) is 12.1 Å². The van der Waals surface area contributed by atoms with E-state index < -0.39 is 4.92 Å². The molecule has 0 heterocycles. The van der Waals surface area contributed by atoms with Crippen molar-refractivity contribution in [2.75, 3.05) is 19.4 Å². The van der Waals surface area contributed by atoms with E-state index in [1.807, 2.05) is 0 Å². The molecule has 0 atom stereocenters. The third-order valence-corrected chi connectivity index (χ3v) is 2.88. The summed E-state index contributed by atoms with van der Waals surface area (Å²) in [6, 6.07) is 6.86. The Morgan fingerprint density at radius 3 is 2.37 bits per heavy atom. The molecule has 1 rings (SSSR count). The first-order valence-electron chi connectivity index (χ1n) is 5.31. The van der Waals surface area contributed by atoms with Crippen LogP contribution >= 0.6 is 23.8 Å². The second-order valence-corrected chi connectivity index (χ2v) is 4.23. The van der Waals surface area contributed by atoms with E-state index in [1.165, 1.54) is 0 Å². The molecule has 0 bridgehead atoms. The maximum Gasteiger partial charge on any atom is 0.343 e. The molecule has 0 unspecified atom stereocenters. The summed E-state index contributed by atoms with van der Waals surface area (Å²) in [6.07, 6.45) is 0. The van der Waals surface area contributed by atoms with E-state index in [2.05, 4.69) is 16.0 Å². The summed E-state index contributed by atoms with van der Waals surface area (Å²) in [7, 11) is 3.13. The van der Waals surface area contributed by atoms with Gasteiger partial charge in [0, 0.05) is 14.1 Å². The minimum Gasteiger partial charge on any atom is -0.369 e. The molecule has 0 radical (unpaired) electrons. The van der Waals surface area contributed by atoms with Crippen molar-refractivity contribution in [3.63, 3.8) is 0 Å². The van der Waals surface area contributed by atoms with Gasteiger partial charge in [-0.15, -0.1) is 0 Å². The van der Waals surface area contributed by atoms with Crippen molar-refractivity contribution in [1.82, 2.24) is 10.6 Å². The van der Waals surface area contributed by atoms with Gasteiger partial charge in [-0.3, -0.25) is 10.1 Å². The zero-order valence-corrected chi connectivity index (χ0v) is 11.9. The number of hydrogen-bond acceptors (Lipinski definition) is 5. The second kappa shape index (κ2) is 6.91. The van der Waals surface area contributed by atoms with Gasteiger partial charge >= 0.3 is 5.70 Å². The fourth-order valence-electron chi connectivity index (χ4n) is 1.39. The minimum atomic E-state index is -0.561. The lowest BCUT2D eigenvalue weighted by atomic mass is 10.3. The molecule has 0 saturated carbocycles. The highest BCUT2D eigenvalue weighted by Gasteiger charge is 2.23. The summed E-state index contributed by atoms with van der Waals surface area (Å²) in [6.45, 7) is 0. The molecule has 0 aliphatic carbocycles. The molecule has 8 heteroatoms. The number of para-hydroxylation sites is 1. The van der Waals surface area contributed by atoms with E-state index in [4.69, 9.17) is 23.8 Å². The Labute approximate surface area is 121 Å². The maximum absolute atomic E-state index is 11.1. The van der Waals surface area contributed by atoms with Crippen LogP contribution in [0.3, 0.4) is 0 Å². The Kier molecular flexibility index (Phi) is 5.53. The van der Waals surface area contributed by atoms with Gasteiger partial charge in [0.05, 0.1) is 15.6 Å². The van der Waals surface area contributed by atoms with Crippen LogP contribution in [0.5, 0.6) is 0 Å². The molecule has 0 fully saturated rings. The predicted octanol–water partition coefficient (Wildman–Crippen LogP) is 1.96. The van der Waals surface area contributed by atoms with Crippen molar-refractivity contribution in [2.24, 2.45) is 0 Å². The lowest BCUT2D eigenvalue weighted by Crippen LogP contribution is -2.30. The van der Waals surface area contributed by atoms with Crippen LogP contribution in [-0.2, 0) is 0 Å². The van der Waals surface area contributed by atoms with E-state index in [-0.39, 0.29) is 16.5 Å². The Bertz CT molecular complexity index is 527. The van der Waals surface area contributed by atoms with Crippen molar-refractivity contribution >= 4 is 34.5 Å². The first-order chi connectivity index (χ1) is 9.01. The van der Waals surface area contributed by atoms with Crippen LogP contribution in [0.25, 0.3) is 0 Å². The summed E-state index contributed by atoms with van der Waals surface area (Å²) in [4.78, 5) is 10.5. The molecule has 1 aromatic carbocycles. The Balaban J connectivity index is 3.07. The Hall–Kier alpha value is -1.86. The molecular formula is C11H13ClN4O2S. The molecule has 0 amide bonds. The highest BCUT2D eigenvalue weighted by atomic mass is 35.5. The fraction of sp³-hybridized carbons (Fsp3) is 0.182. The summed E-state index contributed by atoms with van der Waals surface area (Å²) >= 11 is 11.0. The summed E-state index contributed by atoms with van der Waals surface area (Å²) in [5.41, 5.74) is 0.264. The fourth-order valence-corrected chi connectivity index (χ4v) is 1.86. The summed E-state index contributed by atoms with van der Waals surface area (Å²) in [5, 5.41) is 19.6. The van der Waals surface area contributed by atoms with E-state index in [1.54, 1.807) is 38.4 Å². The molecule has 6 nitrogen and oxygen atoms in total. The predicted molar refractivity (Wildman–Crippen MR) is 79.8 cm³/mol. The highest BCUT2D eigenvalue weighted by molar-refractivity contribution is 7.81. The molecule has 0 aliphatic rings. The maximum atomic E-state index is 11.1. The topological polar surface area (TPSA) is 79.2 Å². The van der Waals surface area contributed by atoms with E-state index in [0.717, 1.165) is 0 Å². The molecule has 19 heavy (non-hydrogen) atoms. The van der Waals surface area contributed by atoms with Crippen LogP contribution in [-0.4, -0.2) is 24.0 Å². The van der Waals surface area contributed by atoms with Gasteiger partial charge in [0.1, 0.15) is 0 Å². The van der Waals surface area contributed by atoms with Crippen LogP contribution in [0.1, 0.15) is 0 Å². The summed E-state index contributed by atoms with van der Waals surface area (Å²) in [5.74, 6) is 0.217. The second-order valence-electron chi connectivity index (χ2n) is 3.41. The van der Waals surface area contributed by atoms with E-state index in [0.29, 0.717) is 10.7 Å². The zero-order valence-electron chi connectivity index (χ0n) is 10.4. The number of anilines is 1. The smallest absolute Gasteiger partial charge is 0.343 e. The first-order valence-corrected chi connectivity index (χ1v) is 6.10. The van der Waals surface area contributed by atoms with Gasteiger partial charge in [0.2, 0.25) is 0 Å². The quantitative estimate of drug-likeness (QED) is 0.334. The summed E-state index contributed by atoms with van der Waals surface area (Å²) < 4.78 is 0. The Morgan fingerprint density at radius 1 is 1.32 bits per heavy atom. The molecule has 0 aliphatic heterocycles. The van der Waals surface area contributed by atoms with Crippen LogP contribution in [0, 0.1) is 10.1 Å². The van der Waals surface area contributed by atoms with Gasteiger partial charge in [-0.1, -0.05) is 36.0 Å². The van der Waals surface area contributed by atoms with Crippen molar-refractivity contribution in [1.29, 1.82) is 0 Å². The highest BCUT2D eigenvalue weighted by Crippen LogP contribution is 2.21. The SMILES string of the molecule is CNC(NC)=C(C(=S)Nc1ccccc1Cl)[N+](=O)[O-]. The first kappa shape index (κ1) is 15.2. The average molecular weight is 301 g/mol. The van der Waals surface area contributed by atoms with Crippen LogP contribution in [0.4, 0.5) is 5.69 Å². The molecule has 0 spiro atoms. The lowest BCUT2D eigenvalue weighted by molar-refractivity contribution is -0.416. The van der Waals surface area contributed by atoms with Gasteiger partial charge in [0.25, 0.3) is 0 Å². The van der Waals surface area contributed by atoms with Gasteiger partial charge in [0.15, 0.2) is 10.8 Å². The van der Waals surface area contributed by atoms with E-state index >= 15 is 0 Å². The van der Waals surface area contributed by atoms with Crippen LogP contribution < -0.4 is 16.0 Å². The molecular weight excluding hydrogens is 288 g/mol. The monoisotopic (exact) mass is 300 g/mol. The van der Waals surface area contributed by atoms with Crippen molar-refractivity contribution < 1.29 is 4.92 Å². The Morgan fingerprint density at radius 2 is 1.89 bits per heavy atom. The molecule has 3 N–H and O–H groups in total.